The molecule has 0 amide bonds. The van der Waals surface area contributed by atoms with E-state index < -0.39 is 89.6 Å². The number of unbranched alkanes of at least 4 members (excludes halogenated alkanes) is 10. The van der Waals surface area contributed by atoms with Gasteiger partial charge in [-0.2, -0.15) is 0 Å². The fourth-order valence-electron chi connectivity index (χ4n) is 7.14. The van der Waals surface area contributed by atoms with Crippen molar-refractivity contribution < 1.29 is 82.0 Å². The molecule has 1 aliphatic carbocycles. The predicted molar refractivity (Wildman–Crippen MR) is 284 cm³/mol. The highest BCUT2D eigenvalue weighted by Gasteiger charge is 2.54. The molecule has 0 saturated heterocycles. The van der Waals surface area contributed by atoms with Crippen LogP contribution in [0.3, 0.4) is 0 Å². The number of ether oxygens (including phenoxy) is 2. The van der Waals surface area contributed by atoms with Crippen LogP contribution in [0, 0.1) is 0 Å². The van der Waals surface area contributed by atoms with E-state index in [1.54, 1.807) is 12.2 Å². The second-order valence-electron chi connectivity index (χ2n) is 17.7. The monoisotopic (exact) mass is 1070 g/mol. The topological polar surface area (TPSA) is 276 Å². The summed E-state index contributed by atoms with van der Waals surface area (Å²) in [6.07, 6.45) is 39.2. The molecular weight excluding hydrogens is 983 g/mol. The lowest BCUT2D eigenvalue weighted by Crippen LogP contribution is -2.64. The first-order valence-electron chi connectivity index (χ1n) is 26.0. The zero-order valence-corrected chi connectivity index (χ0v) is 44.9. The van der Waals surface area contributed by atoms with E-state index in [-0.39, 0.29) is 12.8 Å². The third kappa shape index (κ3) is 37.1. The Morgan fingerprint density at radius 2 is 1.03 bits per heavy atom. The first kappa shape index (κ1) is 67.6. The summed E-state index contributed by atoms with van der Waals surface area (Å²) in [5, 5.41) is 51.4. The summed E-state index contributed by atoms with van der Waals surface area (Å²) in [6.45, 7) is 2.84. The standard InChI is InChI=1S/C54H88O17P2/c1-3-5-7-9-11-12-13-14-15-16-17-18-19-20-21-22-27-30-34-38-42-48(57)69-46(44-68-73(65,66)71-54-51(60)49(58)50(59)53(52(54)61)70-72(62,63)64)43-67-47(56)41-37-33-29-26-24-23-25-28-32-36-40-45(55)39-35-31-10-8-6-4-2/h6,8,12-13,15-16,18-19,23-24,28-29,31-33,35-36,40,45-46,49-55,58-61H,3-5,7,9-11,14,17,20-22,25-27,30,34,37-39,41-44H2,1-2H3,(H,65,66)(H2,62,63,64)/b8-6-,13-12-,16-15-,19-18-,24-23-,32-28-,33-29-,35-31-,40-36+/t45?,46-,49?,50?,51?,52?,53-,54+/m1/s1. The molecule has 0 bridgehead atoms. The van der Waals surface area contributed by atoms with Crippen molar-refractivity contribution in [2.45, 2.75) is 204 Å². The maximum Gasteiger partial charge on any atom is 0.472 e. The lowest BCUT2D eigenvalue weighted by atomic mass is 9.85. The number of hydrogen-bond donors (Lipinski definition) is 8. The molecule has 1 fully saturated rings. The van der Waals surface area contributed by atoms with Crippen molar-refractivity contribution in [1.82, 2.24) is 0 Å². The summed E-state index contributed by atoms with van der Waals surface area (Å²) in [4.78, 5) is 54.4. The Morgan fingerprint density at radius 1 is 0.521 bits per heavy atom. The highest BCUT2D eigenvalue weighted by molar-refractivity contribution is 7.47. The molecule has 19 heteroatoms. The van der Waals surface area contributed by atoms with Crippen LogP contribution in [0.5, 0.6) is 0 Å². The molecule has 0 heterocycles. The summed E-state index contributed by atoms with van der Waals surface area (Å²) in [6, 6.07) is 0. The summed E-state index contributed by atoms with van der Waals surface area (Å²) in [5.41, 5.74) is 0. The van der Waals surface area contributed by atoms with Gasteiger partial charge in [-0.1, -0.05) is 168 Å². The summed E-state index contributed by atoms with van der Waals surface area (Å²) < 4.78 is 49.4. The molecule has 9 atom stereocenters. The molecule has 8 N–H and O–H groups in total. The zero-order valence-electron chi connectivity index (χ0n) is 43.1. The number of allylic oxidation sites excluding steroid dienone is 16. The number of rotatable bonds is 42. The third-order valence-electron chi connectivity index (χ3n) is 11.2. The van der Waals surface area contributed by atoms with Crippen LogP contribution in [0.25, 0.3) is 0 Å². The van der Waals surface area contributed by atoms with Gasteiger partial charge in [0, 0.05) is 12.8 Å². The van der Waals surface area contributed by atoms with Gasteiger partial charge in [-0.05, 0) is 83.5 Å². The van der Waals surface area contributed by atoms with E-state index in [4.69, 9.17) is 18.5 Å². The number of aliphatic hydroxyl groups excluding tert-OH is 5. The second kappa shape index (κ2) is 42.8. The highest BCUT2D eigenvalue weighted by Crippen LogP contribution is 2.49. The average Bonchev–Trinajstić information content (AvgIpc) is 3.34. The highest BCUT2D eigenvalue weighted by atomic mass is 31.2. The fraction of sp³-hybridized carbons (Fsp3) is 0.630. The number of carbonyl (C=O) groups excluding carboxylic acids is 2. The Kier molecular flexibility index (Phi) is 39.7. The van der Waals surface area contributed by atoms with E-state index >= 15 is 0 Å². The molecule has 0 aromatic carbocycles. The van der Waals surface area contributed by atoms with Gasteiger partial charge in [0.05, 0.1) is 12.7 Å². The molecule has 1 saturated carbocycles. The van der Waals surface area contributed by atoms with E-state index in [9.17, 15) is 58.9 Å². The maximum atomic E-state index is 13.0. The molecule has 0 spiro atoms. The van der Waals surface area contributed by atoms with E-state index in [1.807, 2.05) is 48.6 Å². The van der Waals surface area contributed by atoms with E-state index in [2.05, 4.69) is 67.0 Å². The molecule has 0 radical (unpaired) electrons. The van der Waals surface area contributed by atoms with Crippen molar-refractivity contribution in [1.29, 1.82) is 0 Å². The normalized spacial score (nSPS) is 21.9. The molecule has 0 aromatic heterocycles. The first-order valence-corrected chi connectivity index (χ1v) is 29.1. The van der Waals surface area contributed by atoms with E-state index in [1.165, 1.54) is 25.7 Å². The number of hydrogen-bond acceptors (Lipinski definition) is 14. The van der Waals surface area contributed by atoms with Crippen molar-refractivity contribution in [3.63, 3.8) is 0 Å². The molecule has 6 unspecified atom stereocenters. The minimum absolute atomic E-state index is 0.00308. The van der Waals surface area contributed by atoms with Crippen molar-refractivity contribution >= 4 is 27.6 Å². The average molecular weight is 1070 g/mol. The SMILES string of the molecule is CC/C=C\C/C=C\CC(O)/C=C/C=C\C/C=C\C/C=C\CCC(=O)OC[C@H](COP(=O)(O)O[C@H]1C(O)C(O)C(O)[C@@H](OP(=O)(O)O)C1O)OC(=O)CCCCCCCC/C=C\C/C=C\C/C=C\CCCCCC. The van der Waals surface area contributed by atoms with Gasteiger partial charge in [0.25, 0.3) is 0 Å². The molecule has 416 valence electrons. The minimum Gasteiger partial charge on any atom is -0.462 e. The van der Waals surface area contributed by atoms with Gasteiger partial charge in [-0.3, -0.25) is 23.2 Å². The largest absolute Gasteiger partial charge is 0.472 e. The summed E-state index contributed by atoms with van der Waals surface area (Å²) in [7, 11) is -10.7. The number of phosphoric ester groups is 2. The van der Waals surface area contributed by atoms with Crippen LogP contribution in [0.15, 0.2) is 109 Å². The van der Waals surface area contributed by atoms with Gasteiger partial charge in [0.2, 0.25) is 0 Å². The van der Waals surface area contributed by atoms with Crippen LogP contribution >= 0.6 is 15.6 Å². The Hall–Kier alpha value is -3.38. The molecule has 73 heavy (non-hydrogen) atoms. The molecule has 17 nitrogen and oxygen atoms in total. The van der Waals surface area contributed by atoms with Gasteiger partial charge in [-0.15, -0.1) is 0 Å². The van der Waals surface area contributed by atoms with E-state index in [0.29, 0.717) is 32.1 Å². The lowest BCUT2D eigenvalue weighted by molar-refractivity contribution is -0.216. The van der Waals surface area contributed by atoms with Crippen LogP contribution in [0.4, 0.5) is 0 Å². The van der Waals surface area contributed by atoms with Crippen molar-refractivity contribution in [3.8, 4) is 0 Å². The van der Waals surface area contributed by atoms with Gasteiger partial charge in [0.1, 0.15) is 43.2 Å². The predicted octanol–water partition coefficient (Wildman–Crippen LogP) is 9.87. The van der Waals surface area contributed by atoms with Gasteiger partial charge < -0.3 is 49.7 Å². The molecule has 1 aliphatic rings. The Bertz CT molecular complexity index is 1830. The number of phosphoric acid groups is 2. The van der Waals surface area contributed by atoms with E-state index in [0.717, 1.165) is 70.6 Å². The second-order valence-corrected chi connectivity index (χ2v) is 20.3. The van der Waals surface area contributed by atoms with Crippen LogP contribution in [0.1, 0.15) is 155 Å². The molecular formula is C54H88O17P2. The summed E-state index contributed by atoms with van der Waals surface area (Å²) in [5.74, 6) is -1.36. The Labute approximate surface area is 434 Å². The molecule has 0 aliphatic heterocycles. The fourth-order valence-corrected chi connectivity index (χ4v) is 8.68. The minimum atomic E-state index is -5.39. The smallest absolute Gasteiger partial charge is 0.462 e. The molecule has 1 rings (SSSR count). The van der Waals surface area contributed by atoms with Crippen LogP contribution in [0.2, 0.25) is 0 Å². The Morgan fingerprint density at radius 3 is 1.62 bits per heavy atom. The van der Waals surface area contributed by atoms with Gasteiger partial charge in [0.15, 0.2) is 6.10 Å². The first-order chi connectivity index (χ1) is 35.0. The number of carbonyl (C=O) groups is 2. The van der Waals surface area contributed by atoms with Gasteiger partial charge in [-0.25, -0.2) is 9.13 Å². The van der Waals surface area contributed by atoms with Crippen LogP contribution < -0.4 is 0 Å². The van der Waals surface area contributed by atoms with Gasteiger partial charge >= 0.3 is 27.6 Å². The van der Waals surface area contributed by atoms with Crippen LogP contribution in [-0.4, -0.2) is 114 Å². The third-order valence-corrected chi connectivity index (χ3v) is 12.7. The lowest BCUT2D eigenvalue weighted by Gasteiger charge is -2.43. The molecule has 0 aromatic rings. The maximum absolute atomic E-state index is 13.0. The summed E-state index contributed by atoms with van der Waals surface area (Å²) >= 11 is 0. The zero-order chi connectivity index (χ0) is 54.0. The number of aliphatic hydroxyl groups is 5. The van der Waals surface area contributed by atoms with Crippen molar-refractivity contribution in [2.75, 3.05) is 13.2 Å². The van der Waals surface area contributed by atoms with Crippen molar-refractivity contribution in [2.24, 2.45) is 0 Å². The quantitative estimate of drug-likeness (QED) is 0.00928. The Balaban J connectivity index is 2.63. The number of esters is 2. The van der Waals surface area contributed by atoms with Crippen LogP contribution in [-0.2, 0) is 41.8 Å². The van der Waals surface area contributed by atoms with Crippen molar-refractivity contribution in [3.05, 3.63) is 109 Å².